The van der Waals surface area contributed by atoms with Crippen molar-refractivity contribution in [3.05, 3.63) is 23.4 Å². The summed E-state index contributed by atoms with van der Waals surface area (Å²) in [5.41, 5.74) is 7.06. The zero-order valence-electron chi connectivity index (χ0n) is 11.5. The lowest BCUT2D eigenvalue weighted by atomic mass is 9.48. The molecule has 0 radical (unpaired) electrons. The summed E-state index contributed by atoms with van der Waals surface area (Å²) < 4.78 is 0. The van der Waals surface area contributed by atoms with Gasteiger partial charge in [-0.3, -0.25) is 0 Å². The molecule has 0 spiro atoms. The van der Waals surface area contributed by atoms with Crippen LogP contribution >= 0.6 is 0 Å². The number of nitrogens with two attached hydrogens (primary N) is 1. The molecule has 4 heteroatoms. The van der Waals surface area contributed by atoms with Gasteiger partial charge in [-0.15, -0.1) is 0 Å². The first kappa shape index (κ1) is 12.2. The van der Waals surface area contributed by atoms with Crippen molar-refractivity contribution < 1.29 is 9.90 Å². The van der Waals surface area contributed by atoms with E-state index in [4.69, 9.17) is 5.73 Å². The Labute approximate surface area is 118 Å². The van der Waals surface area contributed by atoms with Crippen molar-refractivity contribution >= 4 is 11.8 Å². The fourth-order valence-electron chi connectivity index (χ4n) is 5.51. The van der Waals surface area contributed by atoms with E-state index >= 15 is 0 Å². The molecule has 0 saturated heterocycles. The number of anilines is 1. The van der Waals surface area contributed by atoms with Gasteiger partial charge in [0.2, 0.25) is 0 Å². The van der Waals surface area contributed by atoms with Crippen molar-refractivity contribution in [2.24, 2.45) is 17.8 Å². The monoisotopic (exact) mass is 272 g/mol. The number of nitrogen functional groups attached to an aromatic ring is 1. The maximum atomic E-state index is 11.6. The predicted molar refractivity (Wildman–Crippen MR) is 75.5 cm³/mol. The summed E-state index contributed by atoms with van der Waals surface area (Å²) >= 11 is 0. The number of hydrogen-bond donors (Lipinski definition) is 2. The van der Waals surface area contributed by atoms with Gasteiger partial charge in [0.1, 0.15) is 5.82 Å². The van der Waals surface area contributed by atoms with Crippen molar-refractivity contribution in [2.45, 2.75) is 43.9 Å². The van der Waals surface area contributed by atoms with E-state index in [9.17, 15) is 9.90 Å². The first-order valence-electron chi connectivity index (χ1n) is 7.55. The molecule has 5 rings (SSSR count). The normalized spacial score (nSPS) is 38.1. The van der Waals surface area contributed by atoms with E-state index in [1.807, 2.05) is 0 Å². The first-order chi connectivity index (χ1) is 9.56. The quantitative estimate of drug-likeness (QED) is 0.868. The van der Waals surface area contributed by atoms with Gasteiger partial charge in [-0.2, -0.15) is 0 Å². The smallest absolute Gasteiger partial charge is 0.336 e. The maximum Gasteiger partial charge on any atom is 0.336 e. The molecule has 20 heavy (non-hydrogen) atoms. The lowest BCUT2D eigenvalue weighted by molar-refractivity contribution is -0.00596. The summed E-state index contributed by atoms with van der Waals surface area (Å²) in [6.45, 7) is 0. The lowest BCUT2D eigenvalue weighted by Gasteiger charge is -2.57. The summed E-state index contributed by atoms with van der Waals surface area (Å²) in [5.74, 6) is 1.81. The predicted octanol–water partition coefficient (Wildman–Crippen LogP) is 2.83. The highest BCUT2D eigenvalue weighted by Gasteiger charge is 2.52. The molecule has 3 N–H and O–H groups in total. The Balaban J connectivity index is 1.83. The average molecular weight is 272 g/mol. The minimum absolute atomic E-state index is 0.0587. The lowest BCUT2D eigenvalue weighted by Crippen LogP contribution is -2.49. The number of nitrogens with zero attached hydrogens (tertiary/aromatic N) is 1. The molecule has 4 fully saturated rings. The van der Waals surface area contributed by atoms with Crippen LogP contribution in [0, 0.1) is 17.8 Å². The number of rotatable bonds is 2. The van der Waals surface area contributed by atoms with Crippen LogP contribution in [0.3, 0.4) is 0 Å². The maximum absolute atomic E-state index is 11.6. The minimum Gasteiger partial charge on any atom is -0.478 e. The summed E-state index contributed by atoms with van der Waals surface area (Å²) in [7, 11) is 0. The van der Waals surface area contributed by atoms with Gasteiger partial charge in [-0.05, 0) is 73.3 Å². The molecule has 0 atom stereocenters. The molecule has 106 valence electrons. The van der Waals surface area contributed by atoms with Crippen LogP contribution < -0.4 is 5.73 Å². The Morgan fingerprint density at radius 3 is 2.25 bits per heavy atom. The number of pyridine rings is 1. The Bertz CT molecular complexity index is 547. The van der Waals surface area contributed by atoms with Crippen LogP contribution in [0.25, 0.3) is 0 Å². The first-order valence-corrected chi connectivity index (χ1v) is 7.55. The van der Waals surface area contributed by atoms with Crippen molar-refractivity contribution in [3.63, 3.8) is 0 Å². The summed E-state index contributed by atoms with van der Waals surface area (Å²) in [4.78, 5) is 15.8. The minimum atomic E-state index is -0.871. The average Bonchev–Trinajstić information content (AvgIpc) is 2.36. The third-order valence-electron chi connectivity index (χ3n) is 5.77. The van der Waals surface area contributed by atoms with Crippen LogP contribution in [0.4, 0.5) is 5.82 Å². The molecule has 1 aromatic heterocycles. The van der Waals surface area contributed by atoms with E-state index in [1.165, 1.54) is 25.3 Å². The molecule has 4 aliphatic carbocycles. The summed E-state index contributed by atoms with van der Waals surface area (Å²) in [6.07, 6.45) is 9.23. The van der Waals surface area contributed by atoms with E-state index in [0.717, 1.165) is 42.6 Å². The van der Waals surface area contributed by atoms with Gasteiger partial charge in [0.15, 0.2) is 0 Å². The number of aromatic carboxylic acids is 1. The molecule has 0 aliphatic heterocycles. The Kier molecular flexibility index (Phi) is 2.41. The van der Waals surface area contributed by atoms with E-state index < -0.39 is 5.97 Å². The van der Waals surface area contributed by atoms with Crippen molar-refractivity contribution in [1.29, 1.82) is 0 Å². The SMILES string of the molecule is Nc1cc(C(=O)O)c(C23CC4CC(CC(C4)C2)C3)cn1. The fourth-order valence-corrected chi connectivity index (χ4v) is 5.51. The second-order valence-corrected chi connectivity index (χ2v) is 7.16. The molecule has 4 aliphatic rings. The third-order valence-corrected chi connectivity index (χ3v) is 5.77. The molecule has 4 saturated carbocycles. The van der Waals surface area contributed by atoms with E-state index in [0.29, 0.717) is 11.4 Å². The highest BCUT2D eigenvalue weighted by atomic mass is 16.4. The Morgan fingerprint density at radius 2 is 1.75 bits per heavy atom. The molecular formula is C16H20N2O2. The van der Waals surface area contributed by atoms with Gasteiger partial charge >= 0.3 is 5.97 Å². The number of carboxylic acid groups (broad SMARTS) is 1. The molecule has 1 aromatic rings. The van der Waals surface area contributed by atoms with Crippen LogP contribution in [0.15, 0.2) is 12.3 Å². The number of carbonyl (C=O) groups is 1. The molecule has 4 nitrogen and oxygen atoms in total. The van der Waals surface area contributed by atoms with E-state index in [2.05, 4.69) is 4.98 Å². The van der Waals surface area contributed by atoms with Gasteiger partial charge < -0.3 is 10.8 Å². The van der Waals surface area contributed by atoms with E-state index in [1.54, 1.807) is 6.20 Å². The van der Waals surface area contributed by atoms with Gasteiger partial charge in [0.05, 0.1) is 5.56 Å². The highest BCUT2D eigenvalue weighted by molar-refractivity contribution is 5.90. The summed E-state index contributed by atoms with van der Waals surface area (Å²) in [6, 6.07) is 1.54. The van der Waals surface area contributed by atoms with Crippen molar-refractivity contribution in [3.8, 4) is 0 Å². The second kappa shape index (κ2) is 3.96. The molecule has 0 amide bonds. The highest BCUT2D eigenvalue weighted by Crippen LogP contribution is 2.61. The van der Waals surface area contributed by atoms with Crippen LogP contribution in [0.2, 0.25) is 0 Å². The number of carboxylic acids is 1. The fraction of sp³-hybridized carbons (Fsp3) is 0.625. The molecular weight excluding hydrogens is 252 g/mol. The second-order valence-electron chi connectivity index (χ2n) is 7.16. The Morgan fingerprint density at radius 1 is 1.20 bits per heavy atom. The number of aromatic nitrogens is 1. The summed E-state index contributed by atoms with van der Waals surface area (Å²) in [5, 5.41) is 9.51. The van der Waals surface area contributed by atoms with Gasteiger partial charge in [0.25, 0.3) is 0 Å². The van der Waals surface area contributed by atoms with Gasteiger partial charge in [-0.1, -0.05) is 0 Å². The largest absolute Gasteiger partial charge is 0.478 e. The molecule has 0 unspecified atom stereocenters. The van der Waals surface area contributed by atoms with Crippen LogP contribution in [0.1, 0.15) is 54.4 Å². The van der Waals surface area contributed by atoms with Crippen LogP contribution in [0.5, 0.6) is 0 Å². The third kappa shape index (κ3) is 1.67. The van der Waals surface area contributed by atoms with Gasteiger partial charge in [0, 0.05) is 6.20 Å². The topological polar surface area (TPSA) is 76.2 Å². The van der Waals surface area contributed by atoms with E-state index in [-0.39, 0.29) is 5.41 Å². The molecule has 0 aromatic carbocycles. The van der Waals surface area contributed by atoms with Crippen molar-refractivity contribution in [1.82, 2.24) is 4.98 Å². The zero-order valence-corrected chi connectivity index (χ0v) is 11.5. The number of hydrogen-bond acceptors (Lipinski definition) is 3. The van der Waals surface area contributed by atoms with Crippen LogP contribution in [-0.4, -0.2) is 16.1 Å². The van der Waals surface area contributed by atoms with Crippen LogP contribution in [-0.2, 0) is 5.41 Å². The molecule has 1 heterocycles. The van der Waals surface area contributed by atoms with Crippen molar-refractivity contribution in [2.75, 3.05) is 5.73 Å². The Hall–Kier alpha value is -1.58. The standard InChI is InChI=1S/C16H20N2O2/c17-14-4-12(15(19)20)13(8-18-14)16-5-9-1-10(6-16)3-11(2-9)7-16/h4,8-11H,1-3,5-7H2,(H2,17,18)(H,19,20). The zero-order chi connectivity index (χ0) is 13.9. The molecule has 4 bridgehead atoms. The van der Waals surface area contributed by atoms with Gasteiger partial charge in [-0.25, -0.2) is 9.78 Å².